The van der Waals surface area contributed by atoms with Crippen molar-refractivity contribution in [3.63, 3.8) is 0 Å². The van der Waals surface area contributed by atoms with E-state index in [1.54, 1.807) is 11.1 Å². The molecule has 1 amide bonds. The lowest BCUT2D eigenvalue weighted by Crippen LogP contribution is -2.27. The average Bonchev–Trinajstić information content (AvgIpc) is 3.00. The minimum atomic E-state index is 0.109. The van der Waals surface area contributed by atoms with Gasteiger partial charge in [-0.15, -0.1) is 0 Å². The molecule has 0 aliphatic carbocycles. The number of carbonyl (C=O) groups excluding carboxylic acids is 1. The Bertz CT molecular complexity index is 636. The first kappa shape index (κ1) is 17.4. The van der Waals surface area contributed by atoms with E-state index in [1.807, 2.05) is 31.9 Å². The maximum absolute atomic E-state index is 12.3. The van der Waals surface area contributed by atoms with Gasteiger partial charge in [-0.25, -0.2) is 4.98 Å². The second kappa shape index (κ2) is 8.06. The number of amides is 1. The maximum atomic E-state index is 12.3. The molecule has 0 saturated carbocycles. The van der Waals surface area contributed by atoms with Crippen molar-refractivity contribution in [3.8, 4) is 0 Å². The lowest BCUT2D eigenvalue weighted by molar-refractivity contribution is -0.127. The maximum Gasteiger partial charge on any atom is 0.233 e. The van der Waals surface area contributed by atoms with Crippen LogP contribution in [0.2, 0.25) is 0 Å². The molecule has 1 heterocycles. The summed E-state index contributed by atoms with van der Waals surface area (Å²) in [7, 11) is 5.87. The molecule has 0 atom stereocenters. The van der Waals surface area contributed by atoms with Crippen LogP contribution in [-0.2, 0) is 17.9 Å². The number of aryl methyl sites for hydroxylation is 1. The van der Waals surface area contributed by atoms with Crippen molar-refractivity contribution in [2.75, 3.05) is 31.8 Å². The van der Waals surface area contributed by atoms with Gasteiger partial charge in [0.2, 0.25) is 5.91 Å². The highest BCUT2D eigenvalue weighted by Gasteiger charge is 2.12. The van der Waals surface area contributed by atoms with Gasteiger partial charge in [0.15, 0.2) is 5.16 Å². The van der Waals surface area contributed by atoms with Gasteiger partial charge < -0.3 is 14.4 Å². The van der Waals surface area contributed by atoms with Crippen molar-refractivity contribution >= 4 is 23.4 Å². The molecule has 2 aromatic rings. The van der Waals surface area contributed by atoms with E-state index in [9.17, 15) is 4.79 Å². The number of rotatable bonds is 7. The van der Waals surface area contributed by atoms with Gasteiger partial charge in [0.1, 0.15) is 0 Å². The minimum Gasteiger partial charge on any atom is -0.378 e. The van der Waals surface area contributed by atoms with Crippen LogP contribution in [0.15, 0.2) is 41.8 Å². The highest BCUT2D eigenvalue weighted by molar-refractivity contribution is 7.99. The number of thioether (sulfide) groups is 1. The second-order valence-electron chi connectivity index (χ2n) is 5.60. The third-order valence-electron chi connectivity index (χ3n) is 3.64. The molecule has 0 N–H and O–H groups in total. The van der Waals surface area contributed by atoms with Crippen molar-refractivity contribution in [2.24, 2.45) is 0 Å². The number of hydrogen-bond acceptors (Lipinski definition) is 4. The molecule has 0 fully saturated rings. The summed E-state index contributed by atoms with van der Waals surface area (Å²) < 4.78 is 2.04. The van der Waals surface area contributed by atoms with Crippen LogP contribution in [0.5, 0.6) is 0 Å². The zero-order valence-corrected chi connectivity index (χ0v) is 15.0. The summed E-state index contributed by atoms with van der Waals surface area (Å²) in [5.74, 6) is 0.515. The number of anilines is 1. The number of nitrogens with zero attached hydrogens (tertiary/aromatic N) is 4. The van der Waals surface area contributed by atoms with Crippen molar-refractivity contribution in [3.05, 3.63) is 42.2 Å². The molecule has 1 aromatic carbocycles. The topological polar surface area (TPSA) is 41.4 Å². The minimum absolute atomic E-state index is 0.109. The first-order chi connectivity index (χ1) is 11.0. The van der Waals surface area contributed by atoms with Crippen LogP contribution in [0, 0.1) is 0 Å². The monoisotopic (exact) mass is 332 g/mol. The Morgan fingerprint density at radius 3 is 2.52 bits per heavy atom. The molecule has 0 aliphatic heterocycles. The van der Waals surface area contributed by atoms with Crippen LogP contribution in [0.4, 0.5) is 5.69 Å². The Morgan fingerprint density at radius 2 is 1.91 bits per heavy atom. The Kier molecular flexibility index (Phi) is 6.10. The SMILES string of the molecule is CCn1ccnc1SCC(=O)N(C)Cc1ccc(N(C)C)cc1. The van der Waals surface area contributed by atoms with E-state index in [2.05, 4.69) is 41.1 Å². The van der Waals surface area contributed by atoms with Crippen molar-refractivity contribution < 1.29 is 4.79 Å². The lowest BCUT2D eigenvalue weighted by atomic mass is 10.2. The molecule has 0 radical (unpaired) electrons. The second-order valence-corrected chi connectivity index (χ2v) is 6.54. The fraction of sp³-hybridized carbons (Fsp3) is 0.412. The molecule has 0 spiro atoms. The van der Waals surface area contributed by atoms with E-state index >= 15 is 0 Å². The molecule has 0 bridgehead atoms. The van der Waals surface area contributed by atoms with Gasteiger partial charge in [-0.3, -0.25) is 4.79 Å². The molecule has 0 saturated heterocycles. The van der Waals surface area contributed by atoms with Gasteiger partial charge in [0, 0.05) is 52.3 Å². The van der Waals surface area contributed by atoms with Gasteiger partial charge in [0.25, 0.3) is 0 Å². The largest absolute Gasteiger partial charge is 0.378 e. The molecule has 0 aliphatic rings. The fourth-order valence-electron chi connectivity index (χ4n) is 2.17. The van der Waals surface area contributed by atoms with Crippen LogP contribution in [0.25, 0.3) is 0 Å². The number of aromatic nitrogens is 2. The first-order valence-corrected chi connectivity index (χ1v) is 8.64. The summed E-state index contributed by atoms with van der Waals surface area (Å²) in [6, 6.07) is 8.27. The van der Waals surface area contributed by atoms with Crippen LogP contribution < -0.4 is 4.90 Å². The van der Waals surface area contributed by atoms with Crippen LogP contribution >= 0.6 is 11.8 Å². The lowest BCUT2D eigenvalue weighted by Gasteiger charge is -2.18. The van der Waals surface area contributed by atoms with E-state index in [4.69, 9.17) is 0 Å². The summed E-state index contributed by atoms with van der Waals surface area (Å²) in [5, 5.41) is 0.893. The molecule has 0 unspecified atom stereocenters. The summed E-state index contributed by atoms with van der Waals surface area (Å²) in [6.07, 6.45) is 3.70. The van der Waals surface area contributed by atoms with E-state index < -0.39 is 0 Å². The van der Waals surface area contributed by atoms with E-state index in [-0.39, 0.29) is 5.91 Å². The van der Waals surface area contributed by atoms with Crippen LogP contribution in [0.1, 0.15) is 12.5 Å². The molecule has 2 rings (SSSR count). The Labute approximate surface area is 142 Å². The number of benzene rings is 1. The van der Waals surface area contributed by atoms with Crippen molar-refractivity contribution in [1.82, 2.24) is 14.5 Å². The molecule has 6 heteroatoms. The van der Waals surface area contributed by atoms with E-state index in [0.29, 0.717) is 12.3 Å². The van der Waals surface area contributed by atoms with Gasteiger partial charge in [-0.1, -0.05) is 23.9 Å². The van der Waals surface area contributed by atoms with E-state index in [1.165, 1.54) is 11.8 Å². The van der Waals surface area contributed by atoms with Gasteiger partial charge in [-0.2, -0.15) is 0 Å². The Hall–Kier alpha value is -1.95. The van der Waals surface area contributed by atoms with Crippen molar-refractivity contribution in [1.29, 1.82) is 0 Å². The fourth-order valence-corrected chi connectivity index (χ4v) is 3.14. The zero-order valence-electron chi connectivity index (χ0n) is 14.2. The molecule has 124 valence electrons. The van der Waals surface area contributed by atoms with Crippen LogP contribution in [0.3, 0.4) is 0 Å². The van der Waals surface area contributed by atoms with Gasteiger partial charge in [-0.05, 0) is 24.6 Å². The smallest absolute Gasteiger partial charge is 0.233 e. The average molecular weight is 332 g/mol. The summed E-state index contributed by atoms with van der Waals surface area (Å²) in [5.41, 5.74) is 2.29. The highest BCUT2D eigenvalue weighted by atomic mass is 32.2. The Morgan fingerprint density at radius 1 is 1.22 bits per heavy atom. The highest BCUT2D eigenvalue weighted by Crippen LogP contribution is 2.17. The van der Waals surface area contributed by atoms with Crippen LogP contribution in [-0.4, -0.2) is 47.3 Å². The predicted molar refractivity (Wildman–Crippen MR) is 95.9 cm³/mol. The van der Waals surface area contributed by atoms with E-state index in [0.717, 1.165) is 23.0 Å². The quantitative estimate of drug-likeness (QED) is 0.731. The summed E-state index contributed by atoms with van der Waals surface area (Å²) >= 11 is 1.49. The summed E-state index contributed by atoms with van der Waals surface area (Å²) in [6.45, 7) is 3.55. The Balaban J connectivity index is 1.87. The molecule has 23 heavy (non-hydrogen) atoms. The van der Waals surface area contributed by atoms with Crippen molar-refractivity contribution in [2.45, 2.75) is 25.2 Å². The normalized spacial score (nSPS) is 10.6. The summed E-state index contributed by atoms with van der Waals surface area (Å²) in [4.78, 5) is 20.4. The third kappa shape index (κ3) is 4.76. The zero-order chi connectivity index (χ0) is 16.8. The standard InChI is InChI=1S/C17H24N4OS/c1-5-21-11-10-18-17(21)23-13-16(22)20(4)12-14-6-8-15(9-7-14)19(2)3/h6-11H,5,12-13H2,1-4H3. The molecular weight excluding hydrogens is 308 g/mol. The van der Waals surface area contributed by atoms with Gasteiger partial charge in [0.05, 0.1) is 5.75 Å². The number of carbonyl (C=O) groups is 1. The van der Waals surface area contributed by atoms with Gasteiger partial charge >= 0.3 is 0 Å². The molecule has 1 aromatic heterocycles. The number of imidazole rings is 1. The first-order valence-electron chi connectivity index (χ1n) is 7.65. The third-order valence-corrected chi connectivity index (χ3v) is 4.63. The number of hydrogen-bond donors (Lipinski definition) is 0. The molecule has 5 nitrogen and oxygen atoms in total. The predicted octanol–water partition coefficient (Wildman–Crippen LogP) is 2.72. The molecular formula is C17H24N4OS.